The van der Waals surface area contributed by atoms with Crippen molar-refractivity contribution >= 4 is 72.1 Å². The highest BCUT2D eigenvalue weighted by atomic mass is 15.0. The minimum atomic E-state index is 0.642. The lowest BCUT2D eigenvalue weighted by atomic mass is 10.1. The quantitative estimate of drug-likeness (QED) is 0.176. The summed E-state index contributed by atoms with van der Waals surface area (Å²) >= 11 is 0. The van der Waals surface area contributed by atoms with Crippen molar-refractivity contribution in [3.05, 3.63) is 204 Å². The molecule has 276 valence electrons. The summed E-state index contributed by atoms with van der Waals surface area (Å²) < 4.78 is 4.82. The van der Waals surface area contributed by atoms with Crippen molar-refractivity contribution < 1.29 is 0 Å². The molecule has 0 spiro atoms. The first-order chi connectivity index (χ1) is 29.2. The molecular weight excluding hydrogens is 719 g/mol. The molecule has 0 unspecified atom stereocenters. The number of hydrogen-bond donors (Lipinski definition) is 0. The second kappa shape index (κ2) is 13.4. The average Bonchev–Trinajstić information content (AvgIpc) is 3.72. The molecule has 0 fully saturated rings. The monoisotopic (exact) mass is 753 g/mol. The molecule has 1 aliphatic rings. The van der Waals surface area contributed by atoms with E-state index in [1.807, 2.05) is 0 Å². The number of para-hydroxylation sites is 3. The Balaban J connectivity index is 1.04. The van der Waals surface area contributed by atoms with E-state index in [0.29, 0.717) is 17.5 Å². The molecule has 0 aliphatic heterocycles. The van der Waals surface area contributed by atoms with E-state index in [1.165, 1.54) is 53.9 Å². The van der Waals surface area contributed by atoms with Gasteiger partial charge in [-0.05, 0) is 88.3 Å². The van der Waals surface area contributed by atoms with Gasteiger partial charge < -0.3 is 9.13 Å². The largest absolute Gasteiger partial charge is 0.309 e. The standard InChI is InChI=1S/C54H35N5/c1-2-16-42(17-3-1)58-48-21-11-9-19-46(48)50-49(58)33-32-45-44-18-8-10-20-47(44)59(51(45)50)43-30-28-39(29-31-43)53-55-52(38-25-22-35-12-4-5-13-36(35)23-26-38)56-54(57-53)41-27-24-37-14-6-7-15-40(37)34-41/h1-25,27-34H,26H2. The fraction of sp³-hybridized carbons (Fsp3) is 0.0185. The lowest BCUT2D eigenvalue weighted by Crippen LogP contribution is -2.22. The van der Waals surface area contributed by atoms with E-state index in [1.54, 1.807) is 0 Å². The number of hydrogen-bond acceptors (Lipinski definition) is 3. The minimum absolute atomic E-state index is 0.642. The molecule has 0 atom stereocenters. The first-order valence-corrected chi connectivity index (χ1v) is 20.1. The van der Waals surface area contributed by atoms with Crippen molar-refractivity contribution in [2.75, 3.05) is 0 Å². The predicted octanol–water partition coefficient (Wildman–Crippen LogP) is 11.6. The summed E-state index contributed by atoms with van der Waals surface area (Å²) in [6.07, 6.45) is 7.31. The van der Waals surface area contributed by atoms with Crippen LogP contribution in [0, 0.1) is 0 Å². The average molecular weight is 754 g/mol. The minimum Gasteiger partial charge on any atom is -0.309 e. The highest BCUT2D eigenvalue weighted by molar-refractivity contribution is 6.26. The van der Waals surface area contributed by atoms with Gasteiger partial charge in [-0.3, -0.25) is 0 Å². The topological polar surface area (TPSA) is 48.5 Å². The fourth-order valence-corrected chi connectivity index (χ4v) is 8.99. The molecule has 5 nitrogen and oxygen atoms in total. The van der Waals surface area contributed by atoms with Gasteiger partial charge in [0.2, 0.25) is 0 Å². The normalized spacial score (nSPS) is 12.7. The second-order valence-corrected chi connectivity index (χ2v) is 15.2. The molecule has 0 radical (unpaired) electrons. The van der Waals surface area contributed by atoms with Crippen LogP contribution in [0.4, 0.5) is 0 Å². The Hall–Kier alpha value is -7.89. The van der Waals surface area contributed by atoms with Crippen LogP contribution >= 0.6 is 0 Å². The van der Waals surface area contributed by atoms with E-state index in [-0.39, 0.29) is 0 Å². The number of benzene rings is 8. The molecule has 0 saturated heterocycles. The summed E-state index contributed by atoms with van der Waals surface area (Å²) in [6, 6.07) is 64.8. The molecule has 8 aromatic carbocycles. The van der Waals surface area contributed by atoms with Crippen LogP contribution in [-0.4, -0.2) is 24.1 Å². The Labute approximate surface area is 339 Å². The van der Waals surface area contributed by atoms with Crippen LogP contribution in [0.3, 0.4) is 0 Å². The molecule has 0 amide bonds. The van der Waals surface area contributed by atoms with Crippen LogP contribution in [0.25, 0.3) is 106 Å². The van der Waals surface area contributed by atoms with Crippen LogP contribution in [-0.2, 0) is 0 Å². The molecular formula is C54H35N5. The van der Waals surface area contributed by atoms with Crippen molar-refractivity contribution in [2.24, 2.45) is 0 Å². The molecule has 12 rings (SSSR count). The Morgan fingerprint density at radius 1 is 0.390 bits per heavy atom. The van der Waals surface area contributed by atoms with Gasteiger partial charge in [-0.1, -0.05) is 140 Å². The molecule has 0 bridgehead atoms. The Morgan fingerprint density at radius 2 is 1.02 bits per heavy atom. The number of fused-ring (bicyclic) bond motifs is 9. The van der Waals surface area contributed by atoms with Crippen molar-refractivity contribution in [1.29, 1.82) is 0 Å². The number of rotatable bonds is 5. The number of allylic oxidation sites excluding steroid dienone is 2. The van der Waals surface area contributed by atoms with Crippen molar-refractivity contribution in [3.63, 3.8) is 0 Å². The highest BCUT2D eigenvalue weighted by Gasteiger charge is 2.21. The van der Waals surface area contributed by atoms with Gasteiger partial charge in [0.15, 0.2) is 17.5 Å². The smallest absolute Gasteiger partial charge is 0.164 e. The number of nitrogens with zero attached hydrogens (tertiary/aromatic N) is 5. The van der Waals surface area contributed by atoms with Crippen LogP contribution in [0.1, 0.15) is 12.2 Å². The Kier molecular flexibility index (Phi) is 7.53. The molecule has 3 heterocycles. The third kappa shape index (κ3) is 5.43. The van der Waals surface area contributed by atoms with E-state index in [2.05, 4.69) is 209 Å². The van der Waals surface area contributed by atoms with Crippen LogP contribution in [0.15, 0.2) is 188 Å². The summed E-state index contributed by atoms with van der Waals surface area (Å²) in [4.78, 5) is 15.5. The zero-order chi connectivity index (χ0) is 38.9. The lowest BCUT2D eigenvalue weighted by molar-refractivity contribution is 1.03. The van der Waals surface area contributed by atoms with Gasteiger partial charge >= 0.3 is 0 Å². The van der Waals surface area contributed by atoms with E-state index in [9.17, 15) is 0 Å². The van der Waals surface area contributed by atoms with Crippen LogP contribution in [0.5, 0.6) is 0 Å². The molecule has 3 aromatic heterocycles. The Morgan fingerprint density at radius 3 is 1.85 bits per heavy atom. The van der Waals surface area contributed by atoms with Crippen molar-refractivity contribution in [3.8, 4) is 34.2 Å². The predicted molar refractivity (Wildman–Crippen MR) is 244 cm³/mol. The maximum Gasteiger partial charge on any atom is 0.164 e. The van der Waals surface area contributed by atoms with Crippen LogP contribution in [0.2, 0.25) is 0 Å². The van der Waals surface area contributed by atoms with E-state index >= 15 is 0 Å². The first-order valence-electron chi connectivity index (χ1n) is 20.1. The summed E-state index contributed by atoms with van der Waals surface area (Å²) in [5.74, 6) is 1.98. The summed E-state index contributed by atoms with van der Waals surface area (Å²) in [5, 5.41) is 9.64. The molecule has 0 saturated carbocycles. The summed E-state index contributed by atoms with van der Waals surface area (Å²) in [6.45, 7) is 0. The van der Waals surface area contributed by atoms with Gasteiger partial charge in [-0.15, -0.1) is 0 Å². The van der Waals surface area contributed by atoms with Gasteiger partial charge in [-0.25, -0.2) is 15.0 Å². The van der Waals surface area contributed by atoms with Crippen molar-refractivity contribution in [1.82, 2.24) is 24.1 Å². The molecule has 59 heavy (non-hydrogen) atoms. The molecule has 1 aliphatic carbocycles. The zero-order valence-electron chi connectivity index (χ0n) is 32.0. The molecule has 0 N–H and O–H groups in total. The van der Waals surface area contributed by atoms with Gasteiger partial charge in [-0.2, -0.15) is 0 Å². The van der Waals surface area contributed by atoms with Gasteiger partial charge in [0.1, 0.15) is 0 Å². The molecule has 11 aromatic rings. The summed E-state index contributed by atoms with van der Waals surface area (Å²) in [5.41, 5.74) is 9.86. The van der Waals surface area contributed by atoms with E-state index < -0.39 is 0 Å². The van der Waals surface area contributed by atoms with Crippen molar-refractivity contribution in [2.45, 2.75) is 6.42 Å². The fourth-order valence-electron chi connectivity index (χ4n) is 8.99. The SMILES string of the molecule is C1=C(c2nc(-c3ccc(-n4c5ccccc5c5ccc6c(c7ccccc7n6-c6ccccc6)c54)cc3)nc(-c3ccc4ccccc4c3)n2)CC=c2ccccc2=C1. The van der Waals surface area contributed by atoms with E-state index in [4.69, 9.17) is 15.0 Å². The van der Waals surface area contributed by atoms with Crippen LogP contribution < -0.4 is 10.4 Å². The zero-order valence-corrected chi connectivity index (χ0v) is 32.0. The van der Waals surface area contributed by atoms with Gasteiger partial charge in [0.25, 0.3) is 0 Å². The number of aromatic nitrogens is 5. The maximum absolute atomic E-state index is 5.18. The third-order valence-corrected chi connectivity index (χ3v) is 11.8. The maximum atomic E-state index is 5.18. The third-order valence-electron chi connectivity index (χ3n) is 11.8. The van der Waals surface area contributed by atoms with Gasteiger partial charge in [0, 0.05) is 49.6 Å². The molecule has 5 heteroatoms. The van der Waals surface area contributed by atoms with Gasteiger partial charge in [0.05, 0.1) is 22.1 Å². The second-order valence-electron chi connectivity index (χ2n) is 15.2. The highest BCUT2D eigenvalue weighted by Crippen LogP contribution is 2.42. The van der Waals surface area contributed by atoms with E-state index in [0.717, 1.165) is 45.4 Å². The Bertz CT molecular complexity index is 3630. The first kappa shape index (κ1) is 33.3. The lowest BCUT2D eigenvalue weighted by Gasteiger charge is -2.12. The summed E-state index contributed by atoms with van der Waals surface area (Å²) in [7, 11) is 0.